The number of hydrogen-bond donors (Lipinski definition) is 1. The van der Waals surface area contributed by atoms with E-state index in [1.54, 1.807) is 44.7 Å². The van der Waals surface area contributed by atoms with Crippen LogP contribution in [0.5, 0.6) is 0 Å². The number of anilines is 1. The van der Waals surface area contributed by atoms with Crippen LogP contribution >= 0.6 is 11.8 Å². The molecule has 2 aliphatic rings. The highest BCUT2D eigenvalue weighted by Crippen LogP contribution is 2.39. The lowest BCUT2D eigenvalue weighted by Crippen LogP contribution is -2.57. The van der Waals surface area contributed by atoms with Gasteiger partial charge in [-0.25, -0.2) is 4.39 Å². The number of carbonyl (C=O) groups excluding carboxylic acids is 2. The minimum Gasteiger partial charge on any atom is -0.476 e. The number of allylic oxidation sites excluding steroid dienone is 1. The Balaban J connectivity index is 1.77. The van der Waals surface area contributed by atoms with Crippen molar-refractivity contribution < 1.29 is 18.7 Å². The van der Waals surface area contributed by atoms with Gasteiger partial charge < -0.3 is 10.1 Å². The number of rotatable bonds is 5. The van der Waals surface area contributed by atoms with E-state index in [0.717, 1.165) is 18.4 Å². The van der Waals surface area contributed by atoms with Gasteiger partial charge in [-0.15, -0.1) is 11.8 Å². The lowest BCUT2D eigenvalue weighted by molar-refractivity contribution is -0.148. The fourth-order valence-electron chi connectivity index (χ4n) is 3.41. The zero-order chi connectivity index (χ0) is 20.5. The third-order valence-corrected chi connectivity index (χ3v) is 6.86. The molecule has 0 bridgehead atoms. The minimum absolute atomic E-state index is 0.00386. The van der Waals surface area contributed by atoms with Gasteiger partial charge in [-0.05, 0) is 58.2 Å². The molecule has 1 aliphatic carbocycles. The first kappa shape index (κ1) is 20.7. The average molecular weight is 407 g/mol. The van der Waals surface area contributed by atoms with Crippen LogP contribution in [0.3, 0.4) is 0 Å². The molecule has 152 valence electrons. The molecule has 1 N–H and O–H groups in total. The van der Waals surface area contributed by atoms with Gasteiger partial charge in [0.25, 0.3) is 5.91 Å². The molecule has 1 aliphatic heterocycles. The van der Waals surface area contributed by atoms with Crippen molar-refractivity contribution in [1.29, 1.82) is 0 Å². The van der Waals surface area contributed by atoms with Gasteiger partial charge in [-0.1, -0.05) is 18.9 Å². The predicted molar refractivity (Wildman–Crippen MR) is 109 cm³/mol. The summed E-state index contributed by atoms with van der Waals surface area (Å²) >= 11 is 1.56. The van der Waals surface area contributed by atoms with Crippen LogP contribution in [0, 0.1) is 12.7 Å². The second-order valence-electron chi connectivity index (χ2n) is 7.91. The number of ether oxygens (including phenoxy) is 1. The number of nitrogens with one attached hydrogen (secondary N) is 1. The Kier molecular flexibility index (Phi) is 6.03. The van der Waals surface area contributed by atoms with E-state index in [2.05, 4.69) is 5.32 Å². The molecule has 1 aromatic carbocycles. The molecule has 7 heteroatoms. The molecule has 5 nitrogen and oxygen atoms in total. The second kappa shape index (κ2) is 8.15. The van der Waals surface area contributed by atoms with E-state index in [-0.39, 0.29) is 18.3 Å². The third-order valence-electron chi connectivity index (χ3n) is 5.36. The van der Waals surface area contributed by atoms with Crippen molar-refractivity contribution in [3.05, 3.63) is 40.2 Å². The second-order valence-corrected chi connectivity index (χ2v) is 9.22. The molecule has 2 amide bonds. The van der Waals surface area contributed by atoms with Crippen LogP contribution in [0.25, 0.3) is 0 Å². The Morgan fingerprint density at radius 1 is 1.29 bits per heavy atom. The molecular weight excluding hydrogens is 379 g/mol. The molecule has 3 rings (SSSR count). The molecule has 0 atom stereocenters. The van der Waals surface area contributed by atoms with E-state index in [1.165, 1.54) is 23.8 Å². The number of thioether (sulfide) groups is 1. The van der Waals surface area contributed by atoms with Gasteiger partial charge in [0.15, 0.2) is 6.73 Å². The van der Waals surface area contributed by atoms with E-state index < -0.39 is 17.3 Å². The highest BCUT2D eigenvalue weighted by molar-refractivity contribution is 8.04. The molecular formula is C21H27FN2O3S. The van der Waals surface area contributed by atoms with Gasteiger partial charge in [0.2, 0.25) is 5.91 Å². The van der Waals surface area contributed by atoms with Crippen LogP contribution in [-0.2, 0) is 14.3 Å². The van der Waals surface area contributed by atoms with Crippen LogP contribution in [0.4, 0.5) is 10.1 Å². The molecule has 0 unspecified atom stereocenters. The first-order chi connectivity index (χ1) is 13.2. The molecule has 1 fully saturated rings. The zero-order valence-electron chi connectivity index (χ0n) is 16.8. The largest absolute Gasteiger partial charge is 0.476 e. The predicted octanol–water partition coefficient (Wildman–Crippen LogP) is 4.57. The Morgan fingerprint density at radius 2 is 1.96 bits per heavy atom. The Hall–Kier alpha value is -2.02. The normalized spacial score (nSPS) is 18.5. The summed E-state index contributed by atoms with van der Waals surface area (Å²) in [4.78, 5) is 28.1. The van der Waals surface area contributed by atoms with Crippen LogP contribution in [0.2, 0.25) is 0 Å². The standard InChI is InChI=1S/C21H27FN2O3S/c1-13-9-10-16(22)17(11-13)23-20(26)21(3,4)24-12-27-14(2)18(19(24)25)28-15-7-5-6-8-15/h9-11,15H,5-8,12H2,1-4H3,(H,23,26). The number of hydrogen-bond acceptors (Lipinski definition) is 4. The SMILES string of the molecule is CC1=C(SC2CCCC2)C(=O)N(C(C)(C)C(=O)Nc2cc(C)ccc2F)CO1. The van der Waals surface area contributed by atoms with E-state index in [9.17, 15) is 14.0 Å². The first-order valence-electron chi connectivity index (χ1n) is 9.60. The summed E-state index contributed by atoms with van der Waals surface area (Å²) in [6.07, 6.45) is 4.54. The summed E-state index contributed by atoms with van der Waals surface area (Å²) in [6.45, 7) is 6.91. The maximum absolute atomic E-state index is 14.0. The summed E-state index contributed by atoms with van der Waals surface area (Å²) < 4.78 is 19.8. The average Bonchev–Trinajstić information content (AvgIpc) is 3.14. The molecule has 28 heavy (non-hydrogen) atoms. The van der Waals surface area contributed by atoms with Crippen LogP contribution in [0.15, 0.2) is 28.9 Å². The molecule has 0 aromatic heterocycles. The molecule has 0 radical (unpaired) electrons. The fourth-order valence-corrected chi connectivity index (χ4v) is 4.75. The summed E-state index contributed by atoms with van der Waals surface area (Å²) in [5.41, 5.74) is -0.258. The molecule has 1 saturated carbocycles. The van der Waals surface area contributed by atoms with Gasteiger partial charge in [0.05, 0.1) is 5.69 Å². The van der Waals surface area contributed by atoms with Gasteiger partial charge >= 0.3 is 0 Å². The molecule has 0 saturated heterocycles. The molecule has 1 aromatic rings. The van der Waals surface area contributed by atoms with Crippen molar-refractivity contribution >= 4 is 29.3 Å². The van der Waals surface area contributed by atoms with Gasteiger partial charge in [0, 0.05) is 5.25 Å². The van der Waals surface area contributed by atoms with Crippen molar-refractivity contribution in [3.63, 3.8) is 0 Å². The van der Waals surface area contributed by atoms with Gasteiger partial charge in [0.1, 0.15) is 22.0 Å². The van der Waals surface area contributed by atoms with Crippen molar-refractivity contribution in [2.75, 3.05) is 12.0 Å². The summed E-state index contributed by atoms with van der Waals surface area (Å²) in [6, 6.07) is 4.52. The van der Waals surface area contributed by atoms with Crippen LogP contribution in [0.1, 0.15) is 52.0 Å². The van der Waals surface area contributed by atoms with Crippen LogP contribution < -0.4 is 5.32 Å². The summed E-state index contributed by atoms with van der Waals surface area (Å²) in [5.74, 6) is -0.562. The molecule has 1 heterocycles. The summed E-state index contributed by atoms with van der Waals surface area (Å²) in [7, 11) is 0. The number of amides is 2. The number of nitrogens with zero attached hydrogens (tertiary/aromatic N) is 1. The summed E-state index contributed by atoms with van der Waals surface area (Å²) in [5, 5.41) is 3.03. The number of benzene rings is 1. The monoisotopic (exact) mass is 406 g/mol. The van der Waals surface area contributed by atoms with Gasteiger partial charge in [-0.2, -0.15) is 0 Å². The van der Waals surface area contributed by atoms with E-state index >= 15 is 0 Å². The first-order valence-corrected chi connectivity index (χ1v) is 10.5. The number of halogens is 1. The number of aryl methyl sites for hydroxylation is 1. The van der Waals surface area contributed by atoms with Gasteiger partial charge in [-0.3, -0.25) is 14.5 Å². The fraction of sp³-hybridized carbons (Fsp3) is 0.524. The minimum atomic E-state index is -1.20. The van der Waals surface area contributed by atoms with E-state index in [0.29, 0.717) is 15.9 Å². The number of carbonyl (C=O) groups is 2. The lowest BCUT2D eigenvalue weighted by Gasteiger charge is -2.40. The van der Waals surface area contributed by atoms with Crippen molar-refractivity contribution in [1.82, 2.24) is 4.90 Å². The van der Waals surface area contributed by atoms with Crippen molar-refractivity contribution in [3.8, 4) is 0 Å². The topological polar surface area (TPSA) is 58.6 Å². The molecule has 0 spiro atoms. The maximum Gasteiger partial charge on any atom is 0.267 e. The Labute approximate surface area is 169 Å². The Bertz CT molecular complexity index is 816. The highest BCUT2D eigenvalue weighted by Gasteiger charge is 2.43. The smallest absolute Gasteiger partial charge is 0.267 e. The van der Waals surface area contributed by atoms with E-state index in [1.807, 2.05) is 6.92 Å². The highest BCUT2D eigenvalue weighted by atomic mass is 32.2. The lowest BCUT2D eigenvalue weighted by atomic mass is 10.0. The Morgan fingerprint density at radius 3 is 2.64 bits per heavy atom. The third kappa shape index (κ3) is 4.19. The van der Waals surface area contributed by atoms with Crippen molar-refractivity contribution in [2.45, 2.75) is 64.2 Å². The van der Waals surface area contributed by atoms with Crippen LogP contribution in [-0.4, -0.2) is 34.2 Å². The zero-order valence-corrected chi connectivity index (χ0v) is 17.6. The maximum atomic E-state index is 14.0. The van der Waals surface area contributed by atoms with E-state index in [4.69, 9.17) is 4.74 Å². The van der Waals surface area contributed by atoms with Crippen molar-refractivity contribution in [2.24, 2.45) is 0 Å². The quantitative estimate of drug-likeness (QED) is 0.778.